The summed E-state index contributed by atoms with van der Waals surface area (Å²) in [5.41, 5.74) is 7.46. The van der Waals surface area contributed by atoms with Gasteiger partial charge in [-0.3, -0.25) is 0 Å². The van der Waals surface area contributed by atoms with Crippen molar-refractivity contribution in [1.29, 1.82) is 0 Å². The molecule has 0 saturated heterocycles. The molecule has 0 aromatic carbocycles. The van der Waals surface area contributed by atoms with Crippen molar-refractivity contribution >= 4 is 5.82 Å². The summed E-state index contributed by atoms with van der Waals surface area (Å²) < 4.78 is 2.05. The smallest absolute Gasteiger partial charge is 0.122 e. The van der Waals surface area contributed by atoms with Gasteiger partial charge in [-0.05, 0) is 24.7 Å². The van der Waals surface area contributed by atoms with Crippen LogP contribution in [0.5, 0.6) is 0 Å². The van der Waals surface area contributed by atoms with Gasteiger partial charge in [0, 0.05) is 6.07 Å². The second kappa shape index (κ2) is 4.11. The molecule has 0 bridgehead atoms. The Hall–Kier alpha value is -0.990. The van der Waals surface area contributed by atoms with Crippen molar-refractivity contribution in [2.24, 2.45) is 5.41 Å². The molecule has 0 spiro atoms. The molecule has 1 fully saturated rings. The van der Waals surface area contributed by atoms with Gasteiger partial charge in [0.1, 0.15) is 5.82 Å². The minimum atomic E-state index is 0.279. The molecule has 0 aliphatic heterocycles. The quantitative estimate of drug-likeness (QED) is 0.833. The predicted octanol–water partition coefficient (Wildman–Crippen LogP) is 3.17. The van der Waals surface area contributed by atoms with Gasteiger partial charge in [-0.2, -0.15) is 5.10 Å². The summed E-state index contributed by atoms with van der Waals surface area (Å²) in [6, 6.07) is 2.59. The van der Waals surface area contributed by atoms with Crippen LogP contribution in [-0.2, 0) is 6.42 Å². The van der Waals surface area contributed by atoms with E-state index in [-0.39, 0.29) is 5.41 Å². The molecule has 0 radical (unpaired) electrons. The highest BCUT2D eigenvalue weighted by atomic mass is 15.3. The summed E-state index contributed by atoms with van der Waals surface area (Å²) in [7, 11) is 0. The van der Waals surface area contributed by atoms with Crippen LogP contribution in [0, 0.1) is 5.41 Å². The molecule has 3 heteroatoms. The van der Waals surface area contributed by atoms with E-state index in [0.29, 0.717) is 6.04 Å². The number of aromatic nitrogens is 2. The maximum absolute atomic E-state index is 6.04. The molecular weight excluding hydrogens is 198 g/mol. The predicted molar refractivity (Wildman–Crippen MR) is 67.3 cm³/mol. The Kier molecular flexibility index (Phi) is 2.96. The first-order chi connectivity index (χ1) is 7.46. The molecule has 1 heterocycles. The lowest BCUT2D eigenvalue weighted by Gasteiger charge is -2.16. The molecule has 2 rings (SSSR count). The topological polar surface area (TPSA) is 43.8 Å². The van der Waals surface area contributed by atoms with Crippen molar-refractivity contribution in [3.8, 4) is 0 Å². The molecule has 2 N–H and O–H groups in total. The van der Waals surface area contributed by atoms with E-state index in [4.69, 9.17) is 5.73 Å². The third kappa shape index (κ3) is 2.57. The fraction of sp³-hybridized carbons (Fsp3) is 0.769. The van der Waals surface area contributed by atoms with Crippen LogP contribution in [0.25, 0.3) is 0 Å². The molecule has 1 saturated carbocycles. The Bertz CT molecular complexity index is 354. The Labute approximate surface area is 98.0 Å². The highest BCUT2D eigenvalue weighted by molar-refractivity contribution is 5.32. The standard InChI is InChI=1S/C13H23N3/c1-13(2,3)9-10-8-12(14)16(15-10)11-6-4-5-7-11/h8,11H,4-7,9,14H2,1-3H3. The third-order valence-electron chi connectivity index (χ3n) is 3.20. The van der Waals surface area contributed by atoms with E-state index in [1.807, 2.05) is 10.7 Å². The second-order valence-electron chi connectivity index (χ2n) is 6.18. The van der Waals surface area contributed by atoms with Crippen LogP contribution in [0.1, 0.15) is 58.2 Å². The van der Waals surface area contributed by atoms with E-state index in [0.717, 1.165) is 17.9 Å². The van der Waals surface area contributed by atoms with Crippen molar-refractivity contribution in [2.45, 2.75) is 58.9 Å². The van der Waals surface area contributed by atoms with E-state index < -0.39 is 0 Å². The van der Waals surface area contributed by atoms with Crippen molar-refractivity contribution in [2.75, 3.05) is 5.73 Å². The number of hydrogen-bond acceptors (Lipinski definition) is 2. The summed E-state index contributed by atoms with van der Waals surface area (Å²) in [5, 5.41) is 4.67. The largest absolute Gasteiger partial charge is 0.384 e. The van der Waals surface area contributed by atoms with Crippen LogP contribution in [0.2, 0.25) is 0 Å². The molecule has 1 aliphatic rings. The van der Waals surface area contributed by atoms with Crippen LogP contribution < -0.4 is 5.73 Å². The summed E-state index contributed by atoms with van der Waals surface area (Å²) in [6.07, 6.45) is 6.11. The first-order valence-corrected chi connectivity index (χ1v) is 6.30. The van der Waals surface area contributed by atoms with Crippen molar-refractivity contribution in [3.63, 3.8) is 0 Å². The van der Waals surface area contributed by atoms with Gasteiger partial charge < -0.3 is 5.73 Å². The van der Waals surface area contributed by atoms with Crippen molar-refractivity contribution in [3.05, 3.63) is 11.8 Å². The number of nitrogens with zero attached hydrogens (tertiary/aromatic N) is 2. The van der Waals surface area contributed by atoms with Crippen molar-refractivity contribution in [1.82, 2.24) is 9.78 Å². The molecule has 0 amide bonds. The molecule has 90 valence electrons. The molecule has 0 unspecified atom stereocenters. The number of nitrogen functional groups attached to an aromatic ring is 1. The average Bonchev–Trinajstić information content (AvgIpc) is 2.71. The van der Waals surface area contributed by atoms with Gasteiger partial charge in [-0.1, -0.05) is 33.6 Å². The highest BCUT2D eigenvalue weighted by Gasteiger charge is 2.21. The van der Waals surface area contributed by atoms with E-state index >= 15 is 0 Å². The zero-order valence-electron chi connectivity index (χ0n) is 10.7. The first-order valence-electron chi connectivity index (χ1n) is 6.30. The molecule has 16 heavy (non-hydrogen) atoms. The lowest BCUT2D eigenvalue weighted by Crippen LogP contribution is -2.12. The minimum absolute atomic E-state index is 0.279. The van der Waals surface area contributed by atoms with E-state index in [1.165, 1.54) is 25.7 Å². The second-order valence-corrected chi connectivity index (χ2v) is 6.18. The van der Waals surface area contributed by atoms with E-state index in [2.05, 4.69) is 25.9 Å². The van der Waals surface area contributed by atoms with Gasteiger partial charge in [0.2, 0.25) is 0 Å². The Morgan fingerprint density at radius 3 is 2.56 bits per heavy atom. The normalized spacial score (nSPS) is 18.2. The van der Waals surface area contributed by atoms with Crippen LogP contribution >= 0.6 is 0 Å². The Balaban J connectivity index is 2.15. The summed E-state index contributed by atoms with van der Waals surface area (Å²) in [5.74, 6) is 0.839. The third-order valence-corrected chi connectivity index (χ3v) is 3.20. The number of rotatable bonds is 2. The molecular formula is C13H23N3. The minimum Gasteiger partial charge on any atom is -0.384 e. The van der Waals surface area contributed by atoms with Crippen LogP contribution in [0.15, 0.2) is 6.07 Å². The molecule has 0 atom stereocenters. The monoisotopic (exact) mass is 221 g/mol. The van der Waals surface area contributed by atoms with Gasteiger partial charge in [-0.25, -0.2) is 4.68 Å². The van der Waals surface area contributed by atoms with Crippen LogP contribution in [0.4, 0.5) is 5.82 Å². The highest BCUT2D eigenvalue weighted by Crippen LogP contribution is 2.31. The summed E-state index contributed by atoms with van der Waals surface area (Å²) in [4.78, 5) is 0. The maximum Gasteiger partial charge on any atom is 0.122 e. The SMILES string of the molecule is CC(C)(C)Cc1cc(N)n(C2CCCC2)n1. The molecule has 3 nitrogen and oxygen atoms in total. The van der Waals surface area contributed by atoms with Crippen LogP contribution in [-0.4, -0.2) is 9.78 Å². The van der Waals surface area contributed by atoms with Gasteiger partial charge >= 0.3 is 0 Å². The fourth-order valence-corrected chi connectivity index (χ4v) is 2.53. The molecule has 1 aliphatic carbocycles. The molecule has 1 aromatic heterocycles. The number of nitrogens with two attached hydrogens (primary N) is 1. The van der Waals surface area contributed by atoms with Gasteiger partial charge in [0.15, 0.2) is 0 Å². The zero-order valence-corrected chi connectivity index (χ0v) is 10.7. The summed E-state index contributed by atoms with van der Waals surface area (Å²) >= 11 is 0. The fourth-order valence-electron chi connectivity index (χ4n) is 2.53. The van der Waals surface area contributed by atoms with Gasteiger partial charge in [0.25, 0.3) is 0 Å². The molecule has 1 aromatic rings. The van der Waals surface area contributed by atoms with E-state index in [1.54, 1.807) is 0 Å². The van der Waals surface area contributed by atoms with Gasteiger partial charge in [-0.15, -0.1) is 0 Å². The Morgan fingerprint density at radius 1 is 1.38 bits per heavy atom. The van der Waals surface area contributed by atoms with Crippen molar-refractivity contribution < 1.29 is 0 Å². The van der Waals surface area contributed by atoms with Crippen LogP contribution in [0.3, 0.4) is 0 Å². The lowest BCUT2D eigenvalue weighted by molar-refractivity contribution is 0.397. The Morgan fingerprint density at radius 2 is 2.00 bits per heavy atom. The van der Waals surface area contributed by atoms with E-state index in [9.17, 15) is 0 Å². The number of anilines is 1. The average molecular weight is 221 g/mol. The zero-order chi connectivity index (χ0) is 11.8. The summed E-state index contributed by atoms with van der Waals surface area (Å²) in [6.45, 7) is 6.70. The lowest BCUT2D eigenvalue weighted by atomic mass is 9.91. The maximum atomic E-state index is 6.04. The number of hydrogen-bond donors (Lipinski definition) is 1. The first kappa shape index (κ1) is 11.5. The van der Waals surface area contributed by atoms with Gasteiger partial charge in [0.05, 0.1) is 11.7 Å².